The Labute approximate surface area is 114 Å². The molecule has 2 saturated heterocycles. The van der Waals surface area contributed by atoms with Gasteiger partial charge in [0.25, 0.3) is 0 Å². The summed E-state index contributed by atoms with van der Waals surface area (Å²) in [6.45, 7) is 8.69. The van der Waals surface area contributed by atoms with E-state index < -0.39 is 0 Å². The molecule has 3 rings (SSSR count). The van der Waals surface area contributed by atoms with Gasteiger partial charge in [-0.25, -0.2) is 0 Å². The molecule has 0 radical (unpaired) electrons. The first-order valence-corrected chi connectivity index (χ1v) is 7.14. The summed E-state index contributed by atoms with van der Waals surface area (Å²) in [4.78, 5) is 5.06. The number of nitrogens with zero attached hydrogens (tertiary/aromatic N) is 4. The number of rotatable bonds is 5. The van der Waals surface area contributed by atoms with Crippen LogP contribution < -0.4 is 5.32 Å². The van der Waals surface area contributed by atoms with Crippen LogP contribution in [-0.2, 0) is 13.1 Å². The molecule has 0 unspecified atom stereocenters. The van der Waals surface area contributed by atoms with Gasteiger partial charge in [-0.05, 0) is 0 Å². The molecular weight excluding hydrogens is 242 g/mol. The molecule has 2 N–H and O–H groups in total. The summed E-state index contributed by atoms with van der Waals surface area (Å²) in [5.41, 5.74) is 1.24. The number of hydrogen-bond donors (Lipinski definition) is 2. The summed E-state index contributed by atoms with van der Waals surface area (Å²) in [6.07, 6.45) is 3.95. The molecule has 0 bridgehead atoms. The summed E-state index contributed by atoms with van der Waals surface area (Å²) in [5.74, 6) is 0. The van der Waals surface area contributed by atoms with Gasteiger partial charge in [0, 0.05) is 63.6 Å². The lowest BCUT2D eigenvalue weighted by atomic mass is 10.1. The van der Waals surface area contributed by atoms with E-state index in [1.54, 1.807) is 0 Å². The molecule has 2 aliphatic rings. The highest BCUT2D eigenvalue weighted by Crippen LogP contribution is 2.18. The zero-order valence-electron chi connectivity index (χ0n) is 11.3. The Balaban J connectivity index is 1.42. The maximum atomic E-state index is 8.87. The highest BCUT2D eigenvalue weighted by Gasteiger charge is 2.32. The zero-order valence-corrected chi connectivity index (χ0v) is 11.3. The minimum absolute atomic E-state index is 0.149. The van der Waals surface area contributed by atoms with Crippen molar-refractivity contribution in [3.63, 3.8) is 0 Å². The molecule has 0 spiro atoms. The summed E-state index contributed by atoms with van der Waals surface area (Å²) in [7, 11) is 0. The molecule has 0 aliphatic carbocycles. The van der Waals surface area contributed by atoms with Crippen LogP contribution >= 0.6 is 0 Å². The SMILES string of the molecule is OCCn1cc(CN2CC(N3CCNCC3)C2)cn1. The molecule has 2 fully saturated rings. The minimum atomic E-state index is 0.149. The monoisotopic (exact) mass is 265 g/mol. The summed E-state index contributed by atoms with van der Waals surface area (Å²) >= 11 is 0. The normalized spacial score (nSPS) is 22.6. The van der Waals surface area contributed by atoms with E-state index in [2.05, 4.69) is 20.2 Å². The lowest BCUT2D eigenvalue weighted by molar-refractivity contribution is 0.0223. The van der Waals surface area contributed by atoms with Crippen LogP contribution in [0, 0.1) is 0 Å². The summed E-state index contributed by atoms with van der Waals surface area (Å²) in [5, 5.41) is 16.5. The molecule has 19 heavy (non-hydrogen) atoms. The predicted molar refractivity (Wildman–Crippen MR) is 72.8 cm³/mol. The van der Waals surface area contributed by atoms with Crippen molar-refractivity contribution in [1.29, 1.82) is 0 Å². The molecule has 2 aliphatic heterocycles. The first-order valence-electron chi connectivity index (χ1n) is 7.14. The predicted octanol–water partition coefficient (Wildman–Crippen LogP) is -1.04. The van der Waals surface area contributed by atoms with Gasteiger partial charge in [-0.15, -0.1) is 0 Å². The number of aliphatic hydroxyl groups excluding tert-OH is 1. The Morgan fingerprint density at radius 3 is 2.84 bits per heavy atom. The highest BCUT2D eigenvalue weighted by atomic mass is 16.3. The zero-order chi connectivity index (χ0) is 13.1. The molecule has 1 aromatic rings. The van der Waals surface area contributed by atoms with Crippen LogP contribution in [0.15, 0.2) is 12.4 Å². The average Bonchev–Trinajstić information content (AvgIpc) is 2.82. The standard InChI is InChI=1S/C13H23N5O/c19-6-5-18-9-12(7-15-18)8-16-10-13(11-16)17-3-1-14-2-4-17/h7,9,13-14,19H,1-6,8,10-11H2. The number of nitrogens with one attached hydrogen (secondary N) is 1. The average molecular weight is 265 g/mol. The second kappa shape index (κ2) is 6.00. The number of hydrogen-bond acceptors (Lipinski definition) is 5. The van der Waals surface area contributed by atoms with Crippen LogP contribution in [0.2, 0.25) is 0 Å². The summed E-state index contributed by atoms with van der Waals surface area (Å²) in [6, 6.07) is 0.745. The lowest BCUT2D eigenvalue weighted by Gasteiger charge is -2.46. The molecule has 6 nitrogen and oxygen atoms in total. The third kappa shape index (κ3) is 3.14. The maximum absolute atomic E-state index is 8.87. The van der Waals surface area contributed by atoms with E-state index in [0.717, 1.165) is 25.7 Å². The van der Waals surface area contributed by atoms with E-state index in [-0.39, 0.29) is 6.61 Å². The van der Waals surface area contributed by atoms with Gasteiger partial charge in [0.05, 0.1) is 19.3 Å². The Morgan fingerprint density at radius 2 is 2.11 bits per heavy atom. The number of aromatic nitrogens is 2. The van der Waals surface area contributed by atoms with Crippen molar-refractivity contribution in [3.8, 4) is 0 Å². The van der Waals surface area contributed by atoms with Gasteiger partial charge in [0.2, 0.25) is 0 Å². The molecule has 6 heteroatoms. The van der Waals surface area contributed by atoms with Crippen molar-refractivity contribution >= 4 is 0 Å². The molecule has 0 amide bonds. The fourth-order valence-corrected chi connectivity index (χ4v) is 2.92. The smallest absolute Gasteiger partial charge is 0.0640 e. The van der Waals surface area contributed by atoms with E-state index in [9.17, 15) is 0 Å². The Bertz CT molecular complexity index is 395. The van der Waals surface area contributed by atoms with Gasteiger partial charge in [-0.3, -0.25) is 14.5 Å². The van der Waals surface area contributed by atoms with E-state index in [1.165, 1.54) is 31.7 Å². The number of piperazine rings is 1. The lowest BCUT2D eigenvalue weighted by Crippen LogP contribution is -2.62. The third-order valence-electron chi connectivity index (χ3n) is 4.03. The van der Waals surface area contributed by atoms with Crippen molar-refractivity contribution in [1.82, 2.24) is 24.9 Å². The van der Waals surface area contributed by atoms with Gasteiger partial charge in [0.1, 0.15) is 0 Å². The van der Waals surface area contributed by atoms with Gasteiger partial charge < -0.3 is 10.4 Å². The van der Waals surface area contributed by atoms with Crippen molar-refractivity contribution in [2.24, 2.45) is 0 Å². The first kappa shape index (κ1) is 13.1. The van der Waals surface area contributed by atoms with Crippen LogP contribution in [-0.4, -0.2) is 76.6 Å². The van der Waals surface area contributed by atoms with Crippen LogP contribution in [0.3, 0.4) is 0 Å². The van der Waals surface area contributed by atoms with Gasteiger partial charge >= 0.3 is 0 Å². The van der Waals surface area contributed by atoms with Gasteiger partial charge in [-0.2, -0.15) is 5.10 Å². The molecule has 1 aromatic heterocycles. The topological polar surface area (TPSA) is 56.6 Å². The molecular formula is C13H23N5O. The quantitative estimate of drug-likeness (QED) is 0.713. The molecule has 0 atom stereocenters. The van der Waals surface area contributed by atoms with Crippen molar-refractivity contribution in [2.45, 2.75) is 19.1 Å². The van der Waals surface area contributed by atoms with E-state index >= 15 is 0 Å². The Kier molecular flexibility index (Phi) is 4.12. The fraction of sp³-hybridized carbons (Fsp3) is 0.769. The van der Waals surface area contributed by atoms with E-state index in [4.69, 9.17) is 5.11 Å². The minimum Gasteiger partial charge on any atom is -0.394 e. The van der Waals surface area contributed by atoms with Crippen molar-refractivity contribution in [3.05, 3.63) is 18.0 Å². The van der Waals surface area contributed by atoms with Crippen LogP contribution in [0.1, 0.15) is 5.56 Å². The second-order valence-corrected chi connectivity index (χ2v) is 5.47. The van der Waals surface area contributed by atoms with Gasteiger partial charge in [0.15, 0.2) is 0 Å². The molecule has 106 valence electrons. The maximum Gasteiger partial charge on any atom is 0.0640 e. The van der Waals surface area contributed by atoms with Gasteiger partial charge in [-0.1, -0.05) is 0 Å². The fourth-order valence-electron chi connectivity index (χ4n) is 2.92. The number of aliphatic hydroxyl groups is 1. The first-order chi connectivity index (χ1) is 9.35. The molecule has 0 aromatic carbocycles. The Hall–Kier alpha value is -0.950. The van der Waals surface area contributed by atoms with Crippen LogP contribution in [0.4, 0.5) is 0 Å². The van der Waals surface area contributed by atoms with Crippen LogP contribution in [0.25, 0.3) is 0 Å². The second-order valence-electron chi connectivity index (χ2n) is 5.47. The molecule has 0 saturated carbocycles. The van der Waals surface area contributed by atoms with E-state index in [1.807, 2.05) is 17.1 Å². The third-order valence-corrected chi connectivity index (χ3v) is 4.03. The number of likely N-dealkylation sites (tertiary alicyclic amines) is 1. The van der Waals surface area contributed by atoms with Crippen molar-refractivity contribution in [2.75, 3.05) is 45.9 Å². The summed E-state index contributed by atoms with van der Waals surface area (Å²) < 4.78 is 1.81. The molecule has 3 heterocycles. The largest absolute Gasteiger partial charge is 0.394 e. The highest BCUT2D eigenvalue weighted by molar-refractivity contribution is 5.05. The van der Waals surface area contributed by atoms with Crippen LogP contribution in [0.5, 0.6) is 0 Å². The van der Waals surface area contributed by atoms with Crippen molar-refractivity contribution < 1.29 is 5.11 Å². The Morgan fingerprint density at radius 1 is 1.32 bits per heavy atom. The van der Waals surface area contributed by atoms with E-state index in [0.29, 0.717) is 6.54 Å².